The number of amides is 2. The number of carbonyl (C=O) groups is 1. The number of hydrogen-bond donors (Lipinski definition) is 2. The number of thiophene rings is 1. The molecule has 2 amide bonds. The Bertz CT molecular complexity index is 654. The lowest BCUT2D eigenvalue weighted by Crippen LogP contribution is -2.45. The van der Waals surface area contributed by atoms with Crippen LogP contribution in [0.15, 0.2) is 41.8 Å². The molecule has 0 bridgehead atoms. The lowest BCUT2D eigenvalue weighted by atomic mass is 9.78. The van der Waals surface area contributed by atoms with Gasteiger partial charge in [-0.3, -0.25) is 0 Å². The number of para-hydroxylation sites is 1. The van der Waals surface area contributed by atoms with Crippen LogP contribution in [0.25, 0.3) is 0 Å². The Labute approximate surface area is 144 Å². The number of urea groups is 1. The number of rotatable bonds is 4. The number of nitrogens with one attached hydrogen (secondary N) is 2. The number of carbonyl (C=O) groups excluding carboxylic acids is 1. The second-order valence-corrected chi connectivity index (χ2v) is 7.01. The summed E-state index contributed by atoms with van der Waals surface area (Å²) in [5.41, 5.74) is 0.577. The van der Waals surface area contributed by atoms with E-state index in [1.165, 1.54) is 4.88 Å². The van der Waals surface area contributed by atoms with Gasteiger partial charge in [0, 0.05) is 30.1 Å². The Balaban J connectivity index is 1.65. The first-order chi connectivity index (χ1) is 11.2. The Hall–Kier alpha value is -1.56. The summed E-state index contributed by atoms with van der Waals surface area (Å²) in [6.07, 6.45) is 1.83. The summed E-state index contributed by atoms with van der Waals surface area (Å²) in [6, 6.07) is 11.2. The van der Waals surface area contributed by atoms with Crippen LogP contribution in [0.2, 0.25) is 5.02 Å². The molecule has 0 radical (unpaired) electrons. The van der Waals surface area contributed by atoms with Crippen LogP contribution in [0, 0.1) is 0 Å². The van der Waals surface area contributed by atoms with Crippen LogP contribution in [0.3, 0.4) is 0 Å². The highest BCUT2D eigenvalue weighted by Gasteiger charge is 2.35. The quantitative estimate of drug-likeness (QED) is 0.865. The van der Waals surface area contributed by atoms with E-state index in [0.29, 0.717) is 17.3 Å². The molecule has 2 N–H and O–H groups in total. The van der Waals surface area contributed by atoms with Crippen molar-refractivity contribution >= 4 is 34.7 Å². The fourth-order valence-corrected chi connectivity index (χ4v) is 4.00. The van der Waals surface area contributed by atoms with Crippen LogP contribution >= 0.6 is 22.9 Å². The van der Waals surface area contributed by atoms with Crippen molar-refractivity contribution < 1.29 is 9.53 Å². The molecule has 2 heterocycles. The lowest BCUT2D eigenvalue weighted by molar-refractivity contribution is 0.0521. The van der Waals surface area contributed by atoms with Gasteiger partial charge in [0.1, 0.15) is 0 Å². The SMILES string of the molecule is O=C(NCC1(c2cccs2)CCOCC1)Nc1ccccc1Cl. The molecule has 0 aliphatic carbocycles. The highest BCUT2D eigenvalue weighted by atomic mass is 35.5. The van der Waals surface area contributed by atoms with Crippen molar-refractivity contribution in [2.75, 3.05) is 25.1 Å². The highest BCUT2D eigenvalue weighted by Crippen LogP contribution is 2.37. The molecular weight excluding hydrogens is 332 g/mol. The van der Waals surface area contributed by atoms with Gasteiger partial charge < -0.3 is 15.4 Å². The zero-order valence-electron chi connectivity index (χ0n) is 12.7. The largest absolute Gasteiger partial charge is 0.381 e. The predicted molar refractivity (Wildman–Crippen MR) is 94.5 cm³/mol. The minimum atomic E-state index is -0.236. The molecule has 1 fully saturated rings. The maximum Gasteiger partial charge on any atom is 0.319 e. The van der Waals surface area contributed by atoms with Gasteiger partial charge in [0.2, 0.25) is 0 Å². The maximum absolute atomic E-state index is 12.2. The van der Waals surface area contributed by atoms with Gasteiger partial charge in [-0.05, 0) is 36.4 Å². The molecule has 0 unspecified atom stereocenters. The monoisotopic (exact) mass is 350 g/mol. The van der Waals surface area contributed by atoms with Crippen LogP contribution in [-0.4, -0.2) is 25.8 Å². The molecular formula is C17H19ClN2O2S. The fourth-order valence-electron chi connectivity index (χ4n) is 2.83. The minimum Gasteiger partial charge on any atom is -0.381 e. The van der Waals surface area contributed by atoms with Gasteiger partial charge in [-0.1, -0.05) is 29.8 Å². The van der Waals surface area contributed by atoms with E-state index in [2.05, 4.69) is 28.1 Å². The van der Waals surface area contributed by atoms with Crippen LogP contribution in [-0.2, 0) is 10.2 Å². The zero-order valence-corrected chi connectivity index (χ0v) is 14.3. The molecule has 2 aromatic rings. The van der Waals surface area contributed by atoms with E-state index in [1.54, 1.807) is 23.5 Å². The van der Waals surface area contributed by atoms with Crippen LogP contribution < -0.4 is 10.6 Å². The first-order valence-electron chi connectivity index (χ1n) is 7.61. The summed E-state index contributed by atoms with van der Waals surface area (Å²) in [5.74, 6) is 0. The van der Waals surface area contributed by atoms with Gasteiger partial charge in [-0.25, -0.2) is 4.79 Å². The van der Waals surface area contributed by atoms with Crippen LogP contribution in [0.1, 0.15) is 17.7 Å². The Morgan fingerprint density at radius 1 is 1.22 bits per heavy atom. The molecule has 23 heavy (non-hydrogen) atoms. The van der Waals surface area contributed by atoms with E-state index in [1.807, 2.05) is 12.1 Å². The molecule has 4 nitrogen and oxygen atoms in total. The molecule has 1 aromatic heterocycles. The lowest BCUT2D eigenvalue weighted by Gasteiger charge is -2.36. The number of halogens is 1. The first kappa shape index (κ1) is 16.3. The van der Waals surface area contributed by atoms with Crippen LogP contribution in [0.5, 0.6) is 0 Å². The van der Waals surface area contributed by atoms with Crippen molar-refractivity contribution in [3.05, 3.63) is 51.7 Å². The molecule has 1 aromatic carbocycles. The van der Waals surface area contributed by atoms with Crippen molar-refractivity contribution in [2.24, 2.45) is 0 Å². The second-order valence-electron chi connectivity index (χ2n) is 5.66. The molecule has 1 aliphatic rings. The summed E-state index contributed by atoms with van der Waals surface area (Å²) >= 11 is 7.81. The van der Waals surface area contributed by atoms with Crippen molar-refractivity contribution in [3.8, 4) is 0 Å². The number of hydrogen-bond acceptors (Lipinski definition) is 3. The van der Waals surface area contributed by atoms with E-state index in [0.717, 1.165) is 26.1 Å². The summed E-state index contributed by atoms with van der Waals surface area (Å²) in [7, 11) is 0. The molecule has 6 heteroatoms. The number of benzene rings is 1. The van der Waals surface area contributed by atoms with Gasteiger partial charge in [0.25, 0.3) is 0 Å². The van der Waals surface area contributed by atoms with Crippen molar-refractivity contribution in [2.45, 2.75) is 18.3 Å². The van der Waals surface area contributed by atoms with Gasteiger partial charge in [-0.15, -0.1) is 11.3 Å². The topological polar surface area (TPSA) is 50.4 Å². The summed E-state index contributed by atoms with van der Waals surface area (Å²) in [4.78, 5) is 13.5. The first-order valence-corrected chi connectivity index (χ1v) is 8.86. The molecule has 0 saturated carbocycles. The minimum absolute atomic E-state index is 0.0375. The molecule has 1 saturated heterocycles. The molecule has 3 rings (SSSR count). The molecule has 0 spiro atoms. The summed E-state index contributed by atoms with van der Waals surface area (Å²) < 4.78 is 5.50. The highest BCUT2D eigenvalue weighted by molar-refractivity contribution is 7.10. The van der Waals surface area contributed by atoms with Crippen molar-refractivity contribution in [3.63, 3.8) is 0 Å². The average molecular weight is 351 g/mol. The van der Waals surface area contributed by atoms with E-state index >= 15 is 0 Å². The van der Waals surface area contributed by atoms with E-state index in [9.17, 15) is 4.79 Å². The van der Waals surface area contributed by atoms with Crippen LogP contribution in [0.4, 0.5) is 10.5 Å². The third kappa shape index (κ3) is 3.86. The zero-order chi connectivity index (χ0) is 16.1. The Morgan fingerprint density at radius 2 is 2.00 bits per heavy atom. The Morgan fingerprint density at radius 3 is 2.70 bits per heavy atom. The number of anilines is 1. The molecule has 1 aliphatic heterocycles. The average Bonchev–Trinajstić information content (AvgIpc) is 3.11. The predicted octanol–water partition coefficient (Wildman–Crippen LogP) is 4.27. The van der Waals surface area contributed by atoms with Gasteiger partial charge in [0.15, 0.2) is 0 Å². The maximum atomic E-state index is 12.2. The molecule has 122 valence electrons. The fraction of sp³-hybridized carbons (Fsp3) is 0.353. The molecule has 0 atom stereocenters. The summed E-state index contributed by atoms with van der Waals surface area (Å²) in [6.45, 7) is 2.05. The standard InChI is InChI=1S/C17H19ClN2O2S/c18-13-4-1-2-5-14(13)20-16(21)19-12-17(7-9-22-10-8-17)15-6-3-11-23-15/h1-6,11H,7-10,12H2,(H2,19,20,21). The number of ether oxygens (including phenoxy) is 1. The van der Waals surface area contributed by atoms with Gasteiger partial charge >= 0.3 is 6.03 Å². The third-order valence-electron chi connectivity index (χ3n) is 4.20. The van der Waals surface area contributed by atoms with E-state index < -0.39 is 0 Å². The third-order valence-corrected chi connectivity index (χ3v) is 5.65. The Kier molecular flexibility index (Phi) is 5.20. The second kappa shape index (κ2) is 7.34. The van der Waals surface area contributed by atoms with Gasteiger partial charge in [0.05, 0.1) is 10.7 Å². The summed E-state index contributed by atoms with van der Waals surface area (Å²) in [5, 5.41) is 8.41. The smallest absolute Gasteiger partial charge is 0.319 e. The van der Waals surface area contributed by atoms with E-state index in [4.69, 9.17) is 16.3 Å². The van der Waals surface area contributed by atoms with E-state index in [-0.39, 0.29) is 11.4 Å². The van der Waals surface area contributed by atoms with Crippen molar-refractivity contribution in [1.82, 2.24) is 5.32 Å². The normalized spacial score (nSPS) is 16.7. The van der Waals surface area contributed by atoms with Gasteiger partial charge in [-0.2, -0.15) is 0 Å². The van der Waals surface area contributed by atoms with Crippen molar-refractivity contribution in [1.29, 1.82) is 0 Å².